The fraction of sp³-hybridized carbons (Fsp3) is 0.296. The number of piperidine rings is 1. The van der Waals surface area contributed by atoms with Gasteiger partial charge in [0.1, 0.15) is 11.6 Å². The van der Waals surface area contributed by atoms with Crippen molar-refractivity contribution in [1.29, 1.82) is 0 Å². The lowest BCUT2D eigenvalue weighted by Gasteiger charge is -2.46. The summed E-state index contributed by atoms with van der Waals surface area (Å²) in [5, 5.41) is 6.01. The molecular formula is C27H26FN5O3. The zero-order valence-electron chi connectivity index (χ0n) is 19.9. The van der Waals surface area contributed by atoms with Gasteiger partial charge >= 0.3 is 6.03 Å². The molecule has 0 unspecified atom stereocenters. The van der Waals surface area contributed by atoms with Crippen LogP contribution in [0.4, 0.5) is 26.4 Å². The second-order valence-electron chi connectivity index (χ2n) is 9.67. The number of benzene rings is 2. The molecule has 1 aromatic heterocycles. The lowest BCUT2D eigenvalue weighted by molar-refractivity contribution is 0.0989. The average molecular weight is 488 g/mol. The summed E-state index contributed by atoms with van der Waals surface area (Å²) in [5.41, 5.74) is 2.92. The smallest absolute Gasteiger partial charge is 0.319 e. The number of nitrogens with zero attached hydrogens (tertiary/aromatic N) is 3. The maximum atomic E-state index is 13.6. The van der Waals surface area contributed by atoms with Crippen molar-refractivity contribution in [1.82, 2.24) is 9.88 Å². The van der Waals surface area contributed by atoms with E-state index in [-0.39, 0.29) is 23.3 Å². The number of anilines is 3. The lowest BCUT2D eigenvalue weighted by Crippen LogP contribution is -2.57. The Morgan fingerprint density at radius 2 is 1.78 bits per heavy atom. The Morgan fingerprint density at radius 1 is 1.00 bits per heavy atom. The topological polar surface area (TPSA) is 86.7 Å². The number of rotatable bonds is 2. The van der Waals surface area contributed by atoms with Crippen LogP contribution in [0.5, 0.6) is 0 Å². The number of fused-ring (bicyclic) bond motifs is 3. The van der Waals surface area contributed by atoms with Crippen LogP contribution >= 0.6 is 0 Å². The number of aromatic nitrogens is 1. The van der Waals surface area contributed by atoms with Crippen molar-refractivity contribution in [2.75, 3.05) is 34.8 Å². The molecule has 184 valence electrons. The van der Waals surface area contributed by atoms with E-state index < -0.39 is 5.54 Å². The summed E-state index contributed by atoms with van der Waals surface area (Å²) in [4.78, 5) is 42.3. The predicted octanol–water partition coefficient (Wildman–Crippen LogP) is 3.36. The molecule has 0 atom stereocenters. The first-order chi connectivity index (χ1) is 17.3. The van der Waals surface area contributed by atoms with E-state index >= 15 is 0 Å². The first-order valence-corrected chi connectivity index (χ1v) is 12.1. The van der Waals surface area contributed by atoms with E-state index in [1.807, 2.05) is 24.3 Å². The number of nitrogens with one attached hydrogen (secondary N) is 2. The number of carbonyl (C=O) groups excluding carboxylic acids is 2. The Bertz CT molecular complexity index is 1460. The van der Waals surface area contributed by atoms with Crippen molar-refractivity contribution in [3.05, 3.63) is 87.5 Å². The number of halogens is 1. The summed E-state index contributed by atoms with van der Waals surface area (Å²) in [6.07, 6.45) is 1.90. The molecule has 0 aliphatic carbocycles. The highest BCUT2D eigenvalue weighted by Crippen LogP contribution is 2.40. The van der Waals surface area contributed by atoms with E-state index in [0.717, 1.165) is 16.8 Å². The maximum Gasteiger partial charge on any atom is 0.319 e. The molecule has 2 aromatic carbocycles. The van der Waals surface area contributed by atoms with Crippen LogP contribution in [0.15, 0.2) is 59.4 Å². The van der Waals surface area contributed by atoms with Crippen LogP contribution in [0.2, 0.25) is 0 Å². The predicted molar refractivity (Wildman–Crippen MR) is 135 cm³/mol. The highest BCUT2D eigenvalue weighted by molar-refractivity contribution is 6.07. The zero-order valence-corrected chi connectivity index (χ0v) is 19.9. The van der Waals surface area contributed by atoms with Gasteiger partial charge in [-0.2, -0.15) is 0 Å². The quantitative estimate of drug-likeness (QED) is 0.581. The number of amides is 3. The minimum Gasteiger partial charge on any atom is -0.358 e. The summed E-state index contributed by atoms with van der Waals surface area (Å²) in [6, 6.07) is 15.1. The van der Waals surface area contributed by atoms with Crippen molar-refractivity contribution in [2.45, 2.75) is 24.8 Å². The van der Waals surface area contributed by atoms with Gasteiger partial charge < -0.3 is 20.4 Å². The molecule has 3 aliphatic heterocycles. The van der Waals surface area contributed by atoms with Gasteiger partial charge in [-0.05, 0) is 55.2 Å². The van der Waals surface area contributed by atoms with Crippen LogP contribution in [-0.2, 0) is 19.0 Å². The number of carbonyl (C=O) groups is 2. The molecule has 0 radical (unpaired) electrons. The van der Waals surface area contributed by atoms with Gasteiger partial charge in [0, 0.05) is 55.2 Å². The summed E-state index contributed by atoms with van der Waals surface area (Å²) in [7, 11) is 1.70. The Morgan fingerprint density at radius 3 is 2.58 bits per heavy atom. The van der Waals surface area contributed by atoms with Crippen LogP contribution in [0, 0.1) is 5.82 Å². The third-order valence-corrected chi connectivity index (χ3v) is 7.65. The fourth-order valence-corrected chi connectivity index (χ4v) is 5.74. The van der Waals surface area contributed by atoms with Crippen molar-refractivity contribution in [3.8, 4) is 0 Å². The van der Waals surface area contributed by atoms with Gasteiger partial charge in [0.05, 0.1) is 5.54 Å². The monoisotopic (exact) mass is 487 g/mol. The van der Waals surface area contributed by atoms with E-state index in [4.69, 9.17) is 0 Å². The van der Waals surface area contributed by atoms with Crippen molar-refractivity contribution in [2.24, 2.45) is 7.05 Å². The van der Waals surface area contributed by atoms with Crippen molar-refractivity contribution in [3.63, 3.8) is 0 Å². The van der Waals surface area contributed by atoms with Gasteiger partial charge in [0.2, 0.25) is 0 Å². The number of urea groups is 1. The average Bonchev–Trinajstić information content (AvgIpc) is 3.28. The molecule has 3 aromatic rings. The van der Waals surface area contributed by atoms with Crippen LogP contribution in [0.25, 0.3) is 0 Å². The Hall–Kier alpha value is -4.14. The first kappa shape index (κ1) is 22.3. The number of pyridine rings is 1. The second-order valence-corrected chi connectivity index (χ2v) is 9.67. The highest BCUT2D eigenvalue weighted by Gasteiger charge is 2.42. The molecule has 4 heterocycles. The summed E-state index contributed by atoms with van der Waals surface area (Å²) in [6.45, 7) is 1.65. The molecule has 0 bridgehead atoms. The van der Waals surface area contributed by atoms with Crippen LogP contribution in [-0.4, -0.2) is 36.1 Å². The minimum absolute atomic E-state index is 0.215. The van der Waals surface area contributed by atoms with Crippen LogP contribution in [0.1, 0.15) is 34.3 Å². The molecule has 2 N–H and O–H groups in total. The van der Waals surface area contributed by atoms with E-state index in [9.17, 15) is 18.8 Å². The summed E-state index contributed by atoms with van der Waals surface area (Å²) < 4.78 is 15.2. The highest BCUT2D eigenvalue weighted by atomic mass is 19.1. The van der Waals surface area contributed by atoms with Crippen LogP contribution < -0.4 is 26.0 Å². The molecule has 1 spiro atoms. The van der Waals surface area contributed by atoms with Gasteiger partial charge in [-0.1, -0.05) is 18.2 Å². The molecule has 8 nitrogen and oxygen atoms in total. The molecule has 6 rings (SSSR count). The Labute approximate surface area is 207 Å². The SMILES string of the molecule is Cn1c(N2CCC3(CC2)NC(=O)Nc2ccccc23)cc(C(=O)N2CCc3cc(F)ccc32)cc1=O. The number of hydrogen-bond acceptors (Lipinski definition) is 4. The molecule has 0 saturated carbocycles. The summed E-state index contributed by atoms with van der Waals surface area (Å²) >= 11 is 0. The summed E-state index contributed by atoms with van der Waals surface area (Å²) in [5.74, 6) is 0.0643. The van der Waals surface area contributed by atoms with E-state index in [1.54, 1.807) is 28.6 Å². The van der Waals surface area contributed by atoms with Gasteiger partial charge in [0.15, 0.2) is 0 Å². The maximum absolute atomic E-state index is 13.6. The zero-order chi connectivity index (χ0) is 25.0. The Kier molecular flexibility index (Phi) is 5.10. The molecule has 3 aliphatic rings. The fourth-order valence-electron chi connectivity index (χ4n) is 5.74. The molecule has 1 fully saturated rings. The first-order valence-electron chi connectivity index (χ1n) is 12.1. The van der Waals surface area contributed by atoms with Gasteiger partial charge in [-0.25, -0.2) is 9.18 Å². The number of para-hydroxylation sites is 1. The molecule has 3 amide bonds. The van der Waals surface area contributed by atoms with Gasteiger partial charge in [0.25, 0.3) is 11.5 Å². The number of hydrogen-bond donors (Lipinski definition) is 2. The van der Waals surface area contributed by atoms with Crippen molar-refractivity contribution >= 4 is 29.1 Å². The molecule has 9 heteroatoms. The molecule has 36 heavy (non-hydrogen) atoms. The van der Waals surface area contributed by atoms with E-state index in [0.29, 0.717) is 56.0 Å². The van der Waals surface area contributed by atoms with E-state index in [2.05, 4.69) is 15.5 Å². The third kappa shape index (κ3) is 3.54. The largest absolute Gasteiger partial charge is 0.358 e. The minimum atomic E-state index is -0.476. The molecule has 1 saturated heterocycles. The second kappa shape index (κ2) is 8.22. The van der Waals surface area contributed by atoms with Crippen LogP contribution in [0.3, 0.4) is 0 Å². The third-order valence-electron chi connectivity index (χ3n) is 7.65. The lowest BCUT2D eigenvalue weighted by atomic mass is 9.79. The molecular weight excluding hydrogens is 461 g/mol. The van der Waals surface area contributed by atoms with Crippen molar-refractivity contribution < 1.29 is 14.0 Å². The van der Waals surface area contributed by atoms with E-state index in [1.165, 1.54) is 18.2 Å². The Balaban J connectivity index is 1.28. The standard InChI is InChI=1S/C27H26FN5O3/c1-31-23(32-12-9-27(10-13-32)20-4-2-3-5-21(20)29-26(36)30-27)15-18(16-24(31)34)25(35)33-11-8-17-14-19(28)6-7-22(17)33/h2-7,14-16H,8-13H2,1H3,(H2,29,30,36). The van der Waals surface area contributed by atoms with Gasteiger partial charge in [-0.3, -0.25) is 14.2 Å². The normalized spacial score (nSPS) is 17.9. The van der Waals surface area contributed by atoms with Gasteiger partial charge in [-0.15, -0.1) is 0 Å².